The summed E-state index contributed by atoms with van der Waals surface area (Å²) in [4.78, 5) is 26.0. The third-order valence-corrected chi connectivity index (χ3v) is 4.39. The molecule has 2 rings (SSSR count). The summed E-state index contributed by atoms with van der Waals surface area (Å²) >= 11 is 5.34. The lowest BCUT2D eigenvalue weighted by Crippen LogP contribution is -2.47. The molecule has 1 amide bonds. The van der Waals surface area contributed by atoms with Gasteiger partial charge in [-0.2, -0.15) is 0 Å². The zero-order valence-electron chi connectivity index (χ0n) is 14.6. The van der Waals surface area contributed by atoms with E-state index in [1.165, 1.54) is 0 Å². The van der Waals surface area contributed by atoms with Crippen molar-refractivity contribution < 1.29 is 19.1 Å². The normalized spacial score (nSPS) is 14.7. The second-order valence-corrected chi connectivity index (χ2v) is 6.12. The Balaban J connectivity index is 1.87. The minimum Gasteiger partial charge on any atom is -0.494 e. The quantitative estimate of drug-likeness (QED) is 0.639. The lowest BCUT2D eigenvalue weighted by atomic mass is 9.97. The van der Waals surface area contributed by atoms with Crippen LogP contribution >= 0.6 is 12.2 Å². The van der Waals surface area contributed by atoms with Crippen molar-refractivity contribution in [1.29, 1.82) is 0 Å². The van der Waals surface area contributed by atoms with E-state index in [1.807, 2.05) is 11.8 Å². The SMILES string of the molecule is CCOC(=O)C1CCN(C(=S)NC(=O)c2cccc(OCC)c2)CC1. The number of esters is 1. The highest BCUT2D eigenvalue weighted by atomic mass is 32.1. The van der Waals surface area contributed by atoms with Crippen LogP contribution in [0.5, 0.6) is 5.75 Å². The Labute approximate surface area is 153 Å². The molecule has 0 aromatic heterocycles. The number of nitrogens with zero attached hydrogens (tertiary/aromatic N) is 1. The molecule has 136 valence electrons. The van der Waals surface area contributed by atoms with Gasteiger partial charge in [-0.05, 0) is 57.1 Å². The van der Waals surface area contributed by atoms with E-state index in [4.69, 9.17) is 21.7 Å². The molecule has 1 aromatic rings. The molecule has 1 N–H and O–H groups in total. The fourth-order valence-corrected chi connectivity index (χ4v) is 3.00. The van der Waals surface area contributed by atoms with Gasteiger partial charge in [0, 0.05) is 18.7 Å². The average molecular weight is 364 g/mol. The first-order chi connectivity index (χ1) is 12.0. The van der Waals surface area contributed by atoms with Crippen molar-refractivity contribution in [3.63, 3.8) is 0 Å². The maximum Gasteiger partial charge on any atom is 0.309 e. The molecule has 1 heterocycles. The number of carbonyl (C=O) groups is 2. The maximum atomic E-state index is 12.4. The van der Waals surface area contributed by atoms with Crippen LogP contribution in [-0.2, 0) is 9.53 Å². The third-order valence-electron chi connectivity index (χ3n) is 4.03. The van der Waals surface area contributed by atoms with E-state index in [9.17, 15) is 9.59 Å². The van der Waals surface area contributed by atoms with Crippen molar-refractivity contribution in [3.05, 3.63) is 29.8 Å². The molecule has 1 fully saturated rings. The Hall–Kier alpha value is -2.15. The Morgan fingerprint density at radius 3 is 2.60 bits per heavy atom. The monoisotopic (exact) mass is 364 g/mol. The Bertz CT molecular complexity index is 627. The van der Waals surface area contributed by atoms with Crippen LogP contribution in [0.1, 0.15) is 37.0 Å². The van der Waals surface area contributed by atoms with Crippen molar-refractivity contribution in [2.24, 2.45) is 5.92 Å². The van der Waals surface area contributed by atoms with Crippen LogP contribution in [0.2, 0.25) is 0 Å². The molecule has 0 bridgehead atoms. The molecular formula is C18H24N2O4S. The van der Waals surface area contributed by atoms with Gasteiger partial charge >= 0.3 is 5.97 Å². The van der Waals surface area contributed by atoms with Gasteiger partial charge in [-0.1, -0.05) is 6.07 Å². The number of ether oxygens (including phenoxy) is 2. The number of hydrogen-bond acceptors (Lipinski definition) is 5. The van der Waals surface area contributed by atoms with Crippen LogP contribution in [0.4, 0.5) is 0 Å². The molecule has 7 heteroatoms. The first-order valence-electron chi connectivity index (χ1n) is 8.54. The van der Waals surface area contributed by atoms with Crippen molar-refractivity contribution in [1.82, 2.24) is 10.2 Å². The molecule has 25 heavy (non-hydrogen) atoms. The second kappa shape index (κ2) is 9.36. The van der Waals surface area contributed by atoms with Crippen molar-refractivity contribution in [2.75, 3.05) is 26.3 Å². The van der Waals surface area contributed by atoms with E-state index in [0.717, 1.165) is 0 Å². The minimum absolute atomic E-state index is 0.0856. The molecule has 1 aliphatic heterocycles. The van der Waals surface area contributed by atoms with Crippen LogP contribution < -0.4 is 10.1 Å². The number of rotatable bonds is 5. The van der Waals surface area contributed by atoms with Crippen LogP contribution in [0.15, 0.2) is 24.3 Å². The largest absolute Gasteiger partial charge is 0.494 e. The molecule has 1 aromatic carbocycles. The van der Waals surface area contributed by atoms with Gasteiger partial charge < -0.3 is 14.4 Å². The van der Waals surface area contributed by atoms with Crippen LogP contribution in [0, 0.1) is 5.92 Å². The number of piperidine rings is 1. The predicted molar refractivity (Wildman–Crippen MR) is 98.6 cm³/mol. The highest BCUT2D eigenvalue weighted by molar-refractivity contribution is 7.80. The predicted octanol–water partition coefficient (Wildman–Crippen LogP) is 2.38. The summed E-state index contributed by atoms with van der Waals surface area (Å²) in [6.45, 7) is 5.89. The first-order valence-corrected chi connectivity index (χ1v) is 8.95. The smallest absolute Gasteiger partial charge is 0.309 e. The summed E-state index contributed by atoms with van der Waals surface area (Å²) < 4.78 is 10.5. The third kappa shape index (κ3) is 5.42. The van der Waals surface area contributed by atoms with Gasteiger partial charge in [0.1, 0.15) is 5.75 Å². The topological polar surface area (TPSA) is 67.9 Å². The fourth-order valence-electron chi connectivity index (χ4n) is 2.72. The second-order valence-electron chi connectivity index (χ2n) is 5.73. The Morgan fingerprint density at radius 1 is 1.24 bits per heavy atom. The fraction of sp³-hybridized carbons (Fsp3) is 0.500. The molecule has 0 spiro atoms. The molecular weight excluding hydrogens is 340 g/mol. The molecule has 0 radical (unpaired) electrons. The van der Waals surface area contributed by atoms with E-state index in [2.05, 4.69) is 5.32 Å². The van der Waals surface area contributed by atoms with Gasteiger partial charge in [0.2, 0.25) is 0 Å². The molecule has 1 saturated heterocycles. The van der Waals surface area contributed by atoms with E-state index in [1.54, 1.807) is 31.2 Å². The summed E-state index contributed by atoms with van der Waals surface area (Å²) in [5.74, 6) is 0.151. The Morgan fingerprint density at radius 2 is 1.96 bits per heavy atom. The lowest BCUT2D eigenvalue weighted by molar-refractivity contribution is -0.149. The number of benzene rings is 1. The highest BCUT2D eigenvalue weighted by Gasteiger charge is 2.27. The van der Waals surface area contributed by atoms with E-state index >= 15 is 0 Å². The maximum absolute atomic E-state index is 12.4. The minimum atomic E-state index is -0.265. The van der Waals surface area contributed by atoms with Crippen LogP contribution in [0.3, 0.4) is 0 Å². The summed E-state index contributed by atoms with van der Waals surface area (Å²) in [5.41, 5.74) is 0.495. The van der Waals surface area contributed by atoms with Gasteiger partial charge in [-0.25, -0.2) is 0 Å². The summed E-state index contributed by atoms with van der Waals surface area (Å²) in [6, 6.07) is 6.98. The molecule has 1 aliphatic rings. The van der Waals surface area contributed by atoms with Gasteiger partial charge in [-0.3, -0.25) is 14.9 Å². The van der Waals surface area contributed by atoms with Gasteiger partial charge in [0.05, 0.1) is 19.1 Å². The number of amides is 1. The molecule has 0 aliphatic carbocycles. The van der Waals surface area contributed by atoms with Crippen LogP contribution in [-0.4, -0.2) is 48.2 Å². The van der Waals surface area contributed by atoms with Gasteiger partial charge in [0.15, 0.2) is 5.11 Å². The molecule has 6 nitrogen and oxygen atoms in total. The van der Waals surface area contributed by atoms with Crippen molar-refractivity contribution >= 4 is 29.2 Å². The summed E-state index contributed by atoms with van der Waals surface area (Å²) in [5, 5.41) is 3.13. The van der Waals surface area contributed by atoms with Gasteiger partial charge in [-0.15, -0.1) is 0 Å². The number of nitrogens with one attached hydrogen (secondary N) is 1. The zero-order valence-corrected chi connectivity index (χ0v) is 15.4. The Kier molecular flexibility index (Phi) is 7.18. The van der Waals surface area contributed by atoms with E-state index in [0.29, 0.717) is 55.6 Å². The number of hydrogen-bond donors (Lipinski definition) is 1. The molecule has 0 unspecified atom stereocenters. The van der Waals surface area contributed by atoms with Crippen molar-refractivity contribution in [3.8, 4) is 5.75 Å². The van der Waals surface area contributed by atoms with E-state index in [-0.39, 0.29) is 17.8 Å². The average Bonchev–Trinajstić information content (AvgIpc) is 2.62. The number of thiocarbonyl (C=S) groups is 1. The lowest BCUT2D eigenvalue weighted by Gasteiger charge is -2.32. The summed E-state index contributed by atoms with van der Waals surface area (Å²) in [7, 11) is 0. The van der Waals surface area contributed by atoms with Crippen molar-refractivity contribution in [2.45, 2.75) is 26.7 Å². The number of likely N-dealkylation sites (tertiary alicyclic amines) is 1. The molecule has 0 atom stereocenters. The van der Waals surface area contributed by atoms with Crippen LogP contribution in [0.25, 0.3) is 0 Å². The zero-order chi connectivity index (χ0) is 18.2. The molecule has 0 saturated carbocycles. The highest BCUT2D eigenvalue weighted by Crippen LogP contribution is 2.19. The number of carbonyl (C=O) groups excluding carboxylic acids is 2. The standard InChI is InChI=1S/C18H24N2O4S/c1-3-23-15-7-5-6-14(12-15)16(21)19-18(25)20-10-8-13(9-11-20)17(22)24-4-2/h5-7,12-13H,3-4,8-11H2,1-2H3,(H,19,21,25). The van der Waals surface area contributed by atoms with Gasteiger partial charge in [0.25, 0.3) is 5.91 Å². The van der Waals surface area contributed by atoms with E-state index < -0.39 is 0 Å². The summed E-state index contributed by atoms with van der Waals surface area (Å²) in [6.07, 6.45) is 1.35. The first kappa shape index (κ1) is 19.2.